The van der Waals surface area contributed by atoms with Crippen molar-refractivity contribution in [1.82, 2.24) is 24.8 Å². The highest BCUT2D eigenvalue weighted by atomic mass is 79.9. The molecule has 3 aromatic rings. The lowest BCUT2D eigenvalue weighted by atomic mass is 9.71. The van der Waals surface area contributed by atoms with Crippen LogP contribution in [0.1, 0.15) is 18.4 Å². The van der Waals surface area contributed by atoms with Gasteiger partial charge in [-0.1, -0.05) is 75.8 Å². The van der Waals surface area contributed by atoms with E-state index in [0.29, 0.717) is 24.8 Å². The lowest BCUT2D eigenvalue weighted by molar-refractivity contribution is -0.154. The number of alkyl halides is 1. The van der Waals surface area contributed by atoms with Crippen molar-refractivity contribution in [2.45, 2.75) is 52.8 Å². The molecule has 3 unspecified atom stereocenters. The van der Waals surface area contributed by atoms with E-state index < -0.39 is 34.6 Å². The summed E-state index contributed by atoms with van der Waals surface area (Å²) in [6.45, 7) is 7.72. The third kappa shape index (κ3) is 5.50. The van der Waals surface area contributed by atoms with Gasteiger partial charge in [-0.05, 0) is 37.0 Å². The topological polar surface area (TPSA) is 118 Å². The Morgan fingerprint density at radius 2 is 1.93 bits per heavy atom. The van der Waals surface area contributed by atoms with Crippen LogP contribution in [-0.2, 0) is 32.2 Å². The molecule has 45 heavy (non-hydrogen) atoms. The van der Waals surface area contributed by atoms with E-state index in [0.717, 1.165) is 11.1 Å². The molecule has 2 amide bonds. The van der Waals surface area contributed by atoms with Gasteiger partial charge in [-0.2, -0.15) is 0 Å². The number of carbonyl (C=O) groups is 3. The number of hydrogen-bond donors (Lipinski definition) is 1. The first kappa shape index (κ1) is 31.5. The van der Waals surface area contributed by atoms with Crippen LogP contribution in [-0.4, -0.2) is 94.4 Å². The normalized spacial score (nSPS) is 27.4. The monoisotopic (exact) mass is 693 g/mol. The van der Waals surface area contributed by atoms with Crippen LogP contribution in [0.4, 0.5) is 0 Å². The lowest BCUT2D eigenvalue weighted by Gasteiger charge is -2.39. The molecule has 12 heteroatoms. The molecule has 3 aliphatic rings. The van der Waals surface area contributed by atoms with Gasteiger partial charge in [-0.25, -0.2) is 4.68 Å². The second-order valence-electron chi connectivity index (χ2n) is 11.7. The van der Waals surface area contributed by atoms with E-state index in [2.05, 4.69) is 39.4 Å². The number of aliphatic hydroxyl groups excluding tert-OH is 1. The minimum atomic E-state index is -0.938. The number of para-hydroxylation sites is 1. The maximum Gasteiger partial charge on any atom is 0.310 e. The molecule has 1 aromatic heterocycles. The van der Waals surface area contributed by atoms with E-state index in [9.17, 15) is 19.5 Å². The molecule has 0 radical (unpaired) electrons. The Morgan fingerprint density at radius 3 is 2.67 bits per heavy atom. The molecule has 3 fully saturated rings. The van der Waals surface area contributed by atoms with Gasteiger partial charge >= 0.3 is 5.97 Å². The smallest absolute Gasteiger partial charge is 0.310 e. The molecule has 2 aromatic carbocycles. The van der Waals surface area contributed by atoms with Crippen molar-refractivity contribution in [2.24, 2.45) is 11.8 Å². The molecule has 1 spiro atoms. The number of esters is 1. The van der Waals surface area contributed by atoms with Crippen LogP contribution >= 0.6 is 27.7 Å². The molecule has 6 rings (SSSR count). The van der Waals surface area contributed by atoms with Gasteiger partial charge < -0.3 is 19.6 Å². The Kier molecular flexibility index (Phi) is 9.17. The number of halogens is 1. The molecule has 7 atom stereocenters. The number of carbonyl (C=O) groups excluding carboxylic acids is 3. The first-order valence-corrected chi connectivity index (χ1v) is 16.9. The number of rotatable bonds is 13. The van der Waals surface area contributed by atoms with Crippen molar-refractivity contribution < 1.29 is 24.2 Å². The Bertz CT molecular complexity index is 1600. The van der Waals surface area contributed by atoms with Gasteiger partial charge in [-0.3, -0.25) is 14.4 Å². The number of aromatic nitrogens is 3. The highest BCUT2D eigenvalue weighted by Gasteiger charge is 2.76. The number of amides is 2. The summed E-state index contributed by atoms with van der Waals surface area (Å²) in [6, 6.07) is 15.5. The molecule has 3 aliphatic heterocycles. The number of benzene rings is 2. The van der Waals surface area contributed by atoms with Crippen LogP contribution in [0, 0.1) is 11.8 Å². The summed E-state index contributed by atoms with van der Waals surface area (Å²) in [5, 5.41) is 19.1. The second-order valence-corrected chi connectivity index (χ2v) is 14.5. The van der Waals surface area contributed by atoms with Crippen LogP contribution in [0.25, 0.3) is 11.0 Å². The summed E-state index contributed by atoms with van der Waals surface area (Å²) < 4.78 is 6.40. The van der Waals surface area contributed by atoms with Crippen LogP contribution in [0.15, 0.2) is 79.9 Å². The maximum absolute atomic E-state index is 14.9. The molecule has 4 heterocycles. The van der Waals surface area contributed by atoms with Gasteiger partial charge in [0.15, 0.2) is 0 Å². The Labute approximate surface area is 274 Å². The zero-order valence-electron chi connectivity index (χ0n) is 24.8. The van der Waals surface area contributed by atoms with Gasteiger partial charge in [0.2, 0.25) is 11.8 Å². The van der Waals surface area contributed by atoms with Gasteiger partial charge in [0.1, 0.15) is 18.2 Å². The minimum Gasteiger partial charge on any atom is -0.465 e. The largest absolute Gasteiger partial charge is 0.465 e. The van der Waals surface area contributed by atoms with Crippen molar-refractivity contribution in [1.29, 1.82) is 0 Å². The van der Waals surface area contributed by atoms with Crippen LogP contribution in [0.2, 0.25) is 0 Å². The standard InChI is InChI=1S/C33H36BrN5O5S/c1-3-5-16-44-32(43)26-27-30(41)39(22(19-40)17-21-11-7-6-8-12-21)29(33(27)18-23(34)28(26)45-33)31(42)37(15-4-2)20-38-25-14-10-9-13-24(25)35-36-38/h3-4,6-14,22-23,26-29,40H,1-2,5,15-20H2/t22-,23?,26-,27+,28-,29?,33?/m1/s1. The number of ether oxygens (including phenoxy) is 1. The van der Waals surface area contributed by atoms with E-state index in [-0.39, 0.29) is 48.3 Å². The average Bonchev–Trinajstić information content (AvgIpc) is 3.77. The van der Waals surface area contributed by atoms with Crippen molar-refractivity contribution in [3.05, 3.63) is 85.5 Å². The third-order valence-electron chi connectivity index (χ3n) is 9.10. The summed E-state index contributed by atoms with van der Waals surface area (Å²) >= 11 is 5.33. The maximum atomic E-state index is 14.9. The van der Waals surface area contributed by atoms with Gasteiger partial charge in [0, 0.05) is 16.6 Å². The van der Waals surface area contributed by atoms with E-state index in [1.165, 1.54) is 11.8 Å². The fraction of sp³-hybridized carbons (Fsp3) is 0.424. The van der Waals surface area contributed by atoms with E-state index in [1.807, 2.05) is 54.6 Å². The molecule has 236 valence electrons. The average molecular weight is 695 g/mol. The Morgan fingerprint density at radius 1 is 1.18 bits per heavy atom. The van der Waals surface area contributed by atoms with Gasteiger partial charge in [-0.15, -0.1) is 30.0 Å². The molecule has 10 nitrogen and oxygen atoms in total. The van der Waals surface area contributed by atoms with Crippen LogP contribution in [0.3, 0.4) is 0 Å². The zero-order chi connectivity index (χ0) is 31.7. The summed E-state index contributed by atoms with van der Waals surface area (Å²) in [5.74, 6) is -2.52. The van der Waals surface area contributed by atoms with Crippen LogP contribution in [0.5, 0.6) is 0 Å². The molecule has 1 N–H and O–H groups in total. The highest BCUT2D eigenvalue weighted by Crippen LogP contribution is 2.68. The number of likely N-dealkylation sites (tertiary alicyclic amines) is 1. The van der Waals surface area contributed by atoms with Gasteiger partial charge in [0.05, 0.1) is 41.4 Å². The van der Waals surface area contributed by atoms with Crippen molar-refractivity contribution in [3.63, 3.8) is 0 Å². The van der Waals surface area contributed by atoms with E-state index >= 15 is 0 Å². The lowest BCUT2D eigenvalue weighted by Crippen LogP contribution is -2.58. The SMILES string of the molecule is C=CCCOC(=O)[C@H]1[C@@H]2SC3(CC2Br)C(C(=O)N(CC=C)Cn2nnc4ccccc42)N([C@@H](CO)Cc2ccccc2)C(=O)[C@H]13. The number of hydrogen-bond acceptors (Lipinski definition) is 8. The van der Waals surface area contributed by atoms with Crippen molar-refractivity contribution >= 4 is 56.5 Å². The number of fused-ring (bicyclic) bond motifs is 2. The fourth-order valence-corrected chi connectivity index (χ4v) is 10.8. The predicted octanol–water partition coefficient (Wildman–Crippen LogP) is 3.59. The molecular formula is C33H36BrN5O5S. The molecule has 0 saturated carbocycles. The third-order valence-corrected chi connectivity index (χ3v) is 12.3. The molecule has 2 bridgehead atoms. The molecular weight excluding hydrogens is 658 g/mol. The van der Waals surface area contributed by atoms with Crippen LogP contribution < -0.4 is 0 Å². The summed E-state index contributed by atoms with van der Waals surface area (Å²) in [4.78, 5) is 46.3. The summed E-state index contributed by atoms with van der Waals surface area (Å²) in [6.07, 6.45) is 4.69. The van der Waals surface area contributed by atoms with Crippen molar-refractivity contribution in [3.8, 4) is 0 Å². The number of thioether (sulfide) groups is 1. The predicted molar refractivity (Wildman–Crippen MR) is 175 cm³/mol. The zero-order valence-corrected chi connectivity index (χ0v) is 27.2. The molecule has 3 saturated heterocycles. The number of nitrogens with zero attached hydrogens (tertiary/aromatic N) is 5. The first-order chi connectivity index (χ1) is 21.8. The Balaban J connectivity index is 1.41. The van der Waals surface area contributed by atoms with E-state index in [1.54, 1.807) is 26.6 Å². The quantitative estimate of drug-likeness (QED) is 0.125. The van der Waals surface area contributed by atoms with E-state index in [4.69, 9.17) is 4.74 Å². The minimum absolute atomic E-state index is 0.0893. The molecule has 0 aliphatic carbocycles. The fourth-order valence-electron chi connectivity index (χ4n) is 7.22. The first-order valence-electron chi connectivity index (χ1n) is 15.1. The number of aliphatic hydroxyl groups is 1. The Hall–Kier alpha value is -3.48. The highest BCUT2D eigenvalue weighted by molar-refractivity contribution is 9.09. The summed E-state index contributed by atoms with van der Waals surface area (Å²) in [5.41, 5.74) is 2.40. The van der Waals surface area contributed by atoms with Crippen molar-refractivity contribution in [2.75, 3.05) is 19.8 Å². The second kappa shape index (κ2) is 13.1. The summed E-state index contributed by atoms with van der Waals surface area (Å²) in [7, 11) is 0. The van der Waals surface area contributed by atoms with Gasteiger partial charge in [0.25, 0.3) is 0 Å².